The van der Waals surface area contributed by atoms with Crippen LogP contribution in [0.5, 0.6) is 23.0 Å². The van der Waals surface area contributed by atoms with Crippen LogP contribution < -0.4 is 24.3 Å². The quantitative estimate of drug-likeness (QED) is 0.568. The summed E-state index contributed by atoms with van der Waals surface area (Å²) in [4.78, 5) is 27.8. The van der Waals surface area contributed by atoms with Gasteiger partial charge in [-0.2, -0.15) is 0 Å². The summed E-state index contributed by atoms with van der Waals surface area (Å²) in [7, 11) is 3.07. The number of benzene rings is 2. The van der Waals surface area contributed by atoms with Crippen LogP contribution in [0.1, 0.15) is 44.1 Å². The molecule has 1 fully saturated rings. The number of amides is 2. The highest BCUT2D eigenvalue weighted by atomic mass is 32.1. The first-order valence-electron chi connectivity index (χ1n) is 10.6. The average Bonchev–Trinajstić information content (AvgIpc) is 3.62. The molecule has 0 spiro atoms. The lowest BCUT2D eigenvalue weighted by Crippen LogP contribution is -2.30. The van der Waals surface area contributed by atoms with E-state index in [1.165, 1.54) is 18.4 Å². The van der Waals surface area contributed by atoms with Crippen molar-refractivity contribution in [3.05, 3.63) is 52.0 Å². The highest BCUT2D eigenvalue weighted by Crippen LogP contribution is 2.37. The number of fused-ring (bicyclic) bond motifs is 1. The van der Waals surface area contributed by atoms with E-state index in [0.29, 0.717) is 45.8 Å². The Morgan fingerprint density at radius 2 is 1.94 bits per heavy atom. The number of carbonyl (C=O) groups excluding carboxylic acids is 2. The molecule has 3 aromatic rings. The van der Waals surface area contributed by atoms with E-state index in [1.54, 1.807) is 48.4 Å². The molecule has 1 N–H and O–H groups in total. The third-order valence-corrected chi connectivity index (χ3v) is 6.73. The van der Waals surface area contributed by atoms with Gasteiger partial charge < -0.3 is 29.2 Å². The summed E-state index contributed by atoms with van der Waals surface area (Å²) in [5.41, 5.74) is 1.01. The topological polar surface area (TPSA) is 112 Å². The maximum atomic E-state index is 13.3. The third kappa shape index (κ3) is 4.10. The van der Waals surface area contributed by atoms with E-state index in [0.717, 1.165) is 12.8 Å². The van der Waals surface area contributed by atoms with Crippen molar-refractivity contribution in [2.75, 3.05) is 32.9 Å². The van der Waals surface area contributed by atoms with Gasteiger partial charge in [0.25, 0.3) is 11.8 Å². The van der Waals surface area contributed by atoms with Crippen LogP contribution in [0.4, 0.5) is 5.69 Å². The fourth-order valence-corrected chi connectivity index (χ4v) is 4.90. The molecule has 0 bridgehead atoms. The first-order chi connectivity index (χ1) is 16.6. The molecule has 34 heavy (non-hydrogen) atoms. The van der Waals surface area contributed by atoms with E-state index < -0.39 is 0 Å². The van der Waals surface area contributed by atoms with E-state index in [9.17, 15) is 9.59 Å². The monoisotopic (exact) mass is 482 g/mol. The molecular formula is C23H22N4O6S. The normalized spacial score (nSPS) is 16.4. The molecule has 5 rings (SSSR count). The lowest BCUT2D eigenvalue weighted by molar-refractivity contribution is 0.0731. The van der Waals surface area contributed by atoms with Crippen LogP contribution in [-0.4, -0.2) is 54.5 Å². The minimum Gasteiger partial charge on any atom is -0.497 e. The van der Waals surface area contributed by atoms with E-state index in [2.05, 4.69) is 15.5 Å². The Morgan fingerprint density at radius 1 is 1.09 bits per heavy atom. The van der Waals surface area contributed by atoms with E-state index >= 15 is 0 Å². The molecular weight excluding hydrogens is 460 g/mol. The minimum absolute atomic E-state index is 0.158. The lowest BCUT2D eigenvalue weighted by Gasteiger charge is -2.23. The molecule has 0 radical (unpaired) electrons. The van der Waals surface area contributed by atoms with Crippen molar-refractivity contribution >= 4 is 28.8 Å². The van der Waals surface area contributed by atoms with Crippen molar-refractivity contribution in [2.24, 2.45) is 0 Å². The van der Waals surface area contributed by atoms with Gasteiger partial charge in [-0.1, -0.05) is 11.3 Å². The zero-order valence-electron chi connectivity index (χ0n) is 18.6. The maximum absolute atomic E-state index is 13.3. The predicted molar refractivity (Wildman–Crippen MR) is 123 cm³/mol. The number of nitrogens with one attached hydrogen (secondary N) is 1. The molecule has 1 atom stereocenters. The zero-order chi connectivity index (χ0) is 23.7. The molecule has 176 valence electrons. The van der Waals surface area contributed by atoms with Gasteiger partial charge in [-0.15, -0.1) is 10.2 Å². The summed E-state index contributed by atoms with van der Waals surface area (Å²) in [5.74, 6) is 1.71. The summed E-state index contributed by atoms with van der Waals surface area (Å²) in [6.07, 6.45) is 1.57. The van der Waals surface area contributed by atoms with Crippen molar-refractivity contribution < 1.29 is 28.5 Å². The van der Waals surface area contributed by atoms with Gasteiger partial charge in [0, 0.05) is 24.4 Å². The third-order valence-electron chi connectivity index (χ3n) is 5.70. The molecule has 2 aromatic carbocycles. The number of rotatable bonds is 6. The zero-order valence-corrected chi connectivity index (χ0v) is 19.4. The number of likely N-dealkylation sites (tertiary alicyclic amines) is 1. The standard InChI is InChI=1S/C23H22N4O6S/c1-30-14-6-7-15(18(11-14)31-2)23(29)27-9-3-4-16(27)21-25-26-22(34-21)20(28)24-13-5-8-17-19(10-13)33-12-32-17/h5-8,10-11,16H,3-4,9,12H2,1-2H3,(H,24,28). The molecule has 3 heterocycles. The van der Waals surface area contributed by atoms with Crippen LogP contribution in [0.15, 0.2) is 36.4 Å². The number of nitrogens with zero attached hydrogens (tertiary/aromatic N) is 3. The molecule has 0 saturated carbocycles. The van der Waals surface area contributed by atoms with Gasteiger partial charge in [0.2, 0.25) is 11.8 Å². The Morgan fingerprint density at radius 3 is 2.76 bits per heavy atom. The summed E-state index contributed by atoms with van der Waals surface area (Å²) < 4.78 is 21.3. The Labute approximate surface area is 199 Å². The van der Waals surface area contributed by atoms with Crippen molar-refractivity contribution in [2.45, 2.75) is 18.9 Å². The van der Waals surface area contributed by atoms with Crippen molar-refractivity contribution in [1.29, 1.82) is 0 Å². The van der Waals surface area contributed by atoms with Gasteiger partial charge in [-0.3, -0.25) is 9.59 Å². The second-order valence-electron chi connectivity index (χ2n) is 7.69. The van der Waals surface area contributed by atoms with E-state index in [1.807, 2.05) is 0 Å². The number of hydrogen-bond donors (Lipinski definition) is 1. The maximum Gasteiger partial charge on any atom is 0.286 e. The molecule has 2 aliphatic rings. The van der Waals surface area contributed by atoms with Gasteiger partial charge in [0.15, 0.2) is 11.5 Å². The summed E-state index contributed by atoms with van der Waals surface area (Å²) in [6.45, 7) is 0.739. The number of anilines is 1. The molecule has 10 nitrogen and oxygen atoms in total. The van der Waals surface area contributed by atoms with Crippen molar-refractivity contribution in [1.82, 2.24) is 15.1 Å². The van der Waals surface area contributed by atoms with Crippen LogP contribution in [0, 0.1) is 0 Å². The molecule has 1 saturated heterocycles. The first-order valence-corrected chi connectivity index (χ1v) is 11.5. The summed E-state index contributed by atoms with van der Waals surface area (Å²) >= 11 is 1.18. The largest absolute Gasteiger partial charge is 0.497 e. The van der Waals surface area contributed by atoms with E-state index in [-0.39, 0.29) is 29.7 Å². The smallest absolute Gasteiger partial charge is 0.286 e. The molecule has 0 aliphatic carbocycles. The van der Waals surface area contributed by atoms with Gasteiger partial charge in [-0.25, -0.2) is 0 Å². The van der Waals surface area contributed by atoms with E-state index in [4.69, 9.17) is 18.9 Å². The second-order valence-corrected chi connectivity index (χ2v) is 8.70. The lowest BCUT2D eigenvalue weighted by atomic mass is 10.1. The average molecular weight is 483 g/mol. The predicted octanol–water partition coefficient (Wildman–Crippen LogP) is 3.51. The first kappa shape index (κ1) is 22.0. The number of carbonyl (C=O) groups is 2. The number of methoxy groups -OCH3 is 2. The minimum atomic E-state index is -0.379. The van der Waals surface area contributed by atoms with Crippen LogP contribution in [0.3, 0.4) is 0 Å². The molecule has 1 aromatic heterocycles. The van der Waals surface area contributed by atoms with Crippen molar-refractivity contribution in [3.8, 4) is 23.0 Å². The fourth-order valence-electron chi connectivity index (χ4n) is 4.02. The van der Waals surface area contributed by atoms with Gasteiger partial charge in [0.1, 0.15) is 16.5 Å². The number of hydrogen-bond acceptors (Lipinski definition) is 9. The molecule has 11 heteroatoms. The van der Waals surface area contributed by atoms with Crippen LogP contribution in [-0.2, 0) is 0 Å². The van der Waals surface area contributed by atoms with Gasteiger partial charge in [0.05, 0.1) is 25.8 Å². The second kappa shape index (κ2) is 9.18. The van der Waals surface area contributed by atoms with Crippen LogP contribution >= 0.6 is 11.3 Å². The Bertz CT molecular complexity index is 1250. The molecule has 1 unspecified atom stereocenters. The molecule has 2 aliphatic heterocycles. The SMILES string of the molecule is COc1ccc(C(=O)N2CCCC2c2nnc(C(=O)Nc3ccc4c(c3)OCO4)s2)c(OC)c1. The molecule has 2 amide bonds. The van der Waals surface area contributed by atoms with Gasteiger partial charge in [-0.05, 0) is 37.1 Å². The Kier molecular flexibility index (Phi) is 5.93. The van der Waals surface area contributed by atoms with Crippen LogP contribution in [0.25, 0.3) is 0 Å². The van der Waals surface area contributed by atoms with Gasteiger partial charge >= 0.3 is 0 Å². The summed E-state index contributed by atoms with van der Waals surface area (Å²) in [5, 5.41) is 11.9. The highest BCUT2D eigenvalue weighted by Gasteiger charge is 2.35. The number of ether oxygens (including phenoxy) is 4. The van der Waals surface area contributed by atoms with Crippen molar-refractivity contribution in [3.63, 3.8) is 0 Å². The Hall–Kier alpha value is -3.86. The van der Waals surface area contributed by atoms with Crippen LogP contribution in [0.2, 0.25) is 0 Å². The fraction of sp³-hybridized carbons (Fsp3) is 0.304. The number of aromatic nitrogens is 2. The summed E-state index contributed by atoms with van der Waals surface area (Å²) in [6, 6.07) is 10.0. The highest BCUT2D eigenvalue weighted by molar-refractivity contribution is 7.13. The Balaban J connectivity index is 1.32.